The zero-order valence-corrected chi connectivity index (χ0v) is 6.59. The fraction of sp³-hybridized carbons (Fsp3) is 0.571. The van der Waals surface area contributed by atoms with E-state index in [0.717, 1.165) is 5.75 Å². The fourth-order valence-electron chi connectivity index (χ4n) is 1.15. The second-order valence-electron chi connectivity index (χ2n) is 2.83. The summed E-state index contributed by atoms with van der Waals surface area (Å²) in [7, 11) is 0. The van der Waals surface area contributed by atoms with Gasteiger partial charge in [-0.05, 0) is 18.9 Å². The van der Waals surface area contributed by atoms with Crippen molar-refractivity contribution in [3.05, 3.63) is 18.5 Å². The molecule has 1 aliphatic rings. The van der Waals surface area contributed by atoms with Gasteiger partial charge in [0.25, 0.3) is 0 Å². The molecule has 1 aromatic rings. The molecule has 0 bridgehead atoms. The summed E-state index contributed by atoms with van der Waals surface area (Å²) in [6.45, 7) is 0. The molecular weight excluding hydrogens is 144 g/mol. The van der Waals surface area contributed by atoms with Gasteiger partial charge in [0.2, 0.25) is 0 Å². The largest absolute Gasteiger partial charge is 0.266 e. The normalized spacial score (nSPS) is 20.9. The third-order valence-electron chi connectivity index (χ3n) is 2.11. The number of hydrogen-bond donors (Lipinski definition) is 1. The first-order valence-electron chi connectivity index (χ1n) is 3.48. The second kappa shape index (κ2) is 2.02. The van der Waals surface area contributed by atoms with Crippen molar-refractivity contribution in [3.8, 4) is 0 Å². The maximum atomic E-state index is 4.29. The minimum Gasteiger partial charge on any atom is -0.266 e. The Morgan fingerprint density at radius 2 is 2.40 bits per heavy atom. The van der Waals surface area contributed by atoms with Gasteiger partial charge in [-0.1, -0.05) is 0 Å². The van der Waals surface area contributed by atoms with Crippen LogP contribution in [0.3, 0.4) is 0 Å². The summed E-state index contributed by atoms with van der Waals surface area (Å²) < 4.78 is 2.03. The maximum Gasteiger partial charge on any atom is 0.0716 e. The molecule has 0 spiro atoms. The van der Waals surface area contributed by atoms with E-state index in [1.54, 1.807) is 0 Å². The van der Waals surface area contributed by atoms with Crippen molar-refractivity contribution in [3.63, 3.8) is 0 Å². The zero-order chi connectivity index (χ0) is 7.03. The summed E-state index contributed by atoms with van der Waals surface area (Å²) in [5.74, 6) is 0.911. The van der Waals surface area contributed by atoms with Gasteiger partial charge in [0.1, 0.15) is 0 Å². The topological polar surface area (TPSA) is 17.8 Å². The molecule has 1 aromatic heterocycles. The summed E-state index contributed by atoms with van der Waals surface area (Å²) in [6.07, 6.45) is 6.31. The maximum absolute atomic E-state index is 4.29. The van der Waals surface area contributed by atoms with Gasteiger partial charge in [0.05, 0.1) is 5.54 Å². The van der Waals surface area contributed by atoms with Crippen molar-refractivity contribution < 1.29 is 0 Å². The standard InChI is InChI=1S/C7H10N2S/c10-6-7(2-3-7)9-5-1-4-8-9/h1,4-5,10H,2-3,6H2. The minimum atomic E-state index is 0.284. The SMILES string of the molecule is SCC1(n2cccn2)CC1. The molecule has 0 radical (unpaired) electrons. The number of rotatable bonds is 2. The average molecular weight is 154 g/mol. The monoisotopic (exact) mass is 154 g/mol. The van der Waals surface area contributed by atoms with Crippen molar-refractivity contribution in [2.75, 3.05) is 5.75 Å². The van der Waals surface area contributed by atoms with Crippen LogP contribution in [0, 0.1) is 0 Å². The van der Waals surface area contributed by atoms with E-state index in [4.69, 9.17) is 0 Å². The van der Waals surface area contributed by atoms with Crippen LogP contribution in [0.25, 0.3) is 0 Å². The third-order valence-corrected chi connectivity index (χ3v) is 2.70. The predicted octanol–water partition coefficient (Wildman–Crippen LogP) is 1.30. The summed E-state index contributed by atoms with van der Waals surface area (Å²) >= 11 is 4.29. The molecule has 0 amide bonds. The zero-order valence-electron chi connectivity index (χ0n) is 5.70. The molecule has 2 rings (SSSR count). The lowest BCUT2D eigenvalue weighted by atomic mass is 10.3. The molecule has 0 unspecified atom stereocenters. The second-order valence-corrected chi connectivity index (χ2v) is 3.15. The Bertz CT molecular complexity index is 214. The number of aromatic nitrogens is 2. The lowest BCUT2D eigenvalue weighted by molar-refractivity contribution is 0.482. The van der Waals surface area contributed by atoms with Gasteiger partial charge in [0, 0.05) is 18.1 Å². The molecule has 2 nitrogen and oxygen atoms in total. The molecule has 0 aromatic carbocycles. The van der Waals surface area contributed by atoms with Crippen LogP contribution in [0.15, 0.2) is 18.5 Å². The molecule has 54 valence electrons. The van der Waals surface area contributed by atoms with E-state index in [-0.39, 0.29) is 5.54 Å². The van der Waals surface area contributed by atoms with Gasteiger partial charge in [-0.3, -0.25) is 4.68 Å². The predicted molar refractivity (Wildman–Crippen MR) is 43.3 cm³/mol. The van der Waals surface area contributed by atoms with Crippen LogP contribution in [0.1, 0.15) is 12.8 Å². The van der Waals surface area contributed by atoms with Crippen molar-refractivity contribution >= 4 is 12.6 Å². The van der Waals surface area contributed by atoms with Crippen molar-refractivity contribution in [2.24, 2.45) is 0 Å². The van der Waals surface area contributed by atoms with Crippen molar-refractivity contribution in [2.45, 2.75) is 18.4 Å². The Hall–Kier alpha value is -0.440. The van der Waals surface area contributed by atoms with Gasteiger partial charge in [-0.2, -0.15) is 17.7 Å². The van der Waals surface area contributed by atoms with Crippen molar-refractivity contribution in [1.29, 1.82) is 0 Å². The van der Waals surface area contributed by atoms with Crippen LogP contribution in [0.2, 0.25) is 0 Å². The highest BCUT2D eigenvalue weighted by Crippen LogP contribution is 2.43. The van der Waals surface area contributed by atoms with E-state index in [1.165, 1.54) is 12.8 Å². The van der Waals surface area contributed by atoms with E-state index < -0.39 is 0 Å². The average Bonchev–Trinajstić information content (AvgIpc) is 2.58. The van der Waals surface area contributed by atoms with E-state index in [0.29, 0.717) is 0 Å². The van der Waals surface area contributed by atoms with E-state index in [2.05, 4.69) is 17.7 Å². The van der Waals surface area contributed by atoms with Crippen LogP contribution < -0.4 is 0 Å². The highest BCUT2D eigenvalue weighted by Gasteiger charge is 2.43. The molecule has 0 atom stereocenters. The molecule has 1 fully saturated rings. The van der Waals surface area contributed by atoms with Crippen LogP contribution in [0.4, 0.5) is 0 Å². The van der Waals surface area contributed by atoms with E-state index in [1.807, 2.05) is 23.1 Å². The Balaban J connectivity index is 2.27. The van der Waals surface area contributed by atoms with Gasteiger partial charge < -0.3 is 0 Å². The van der Waals surface area contributed by atoms with Crippen LogP contribution in [-0.4, -0.2) is 15.5 Å². The molecule has 1 heterocycles. The molecule has 3 heteroatoms. The molecule has 1 saturated carbocycles. The molecule has 0 saturated heterocycles. The lowest BCUT2D eigenvalue weighted by Crippen LogP contribution is -2.18. The van der Waals surface area contributed by atoms with Crippen LogP contribution in [-0.2, 0) is 5.54 Å². The van der Waals surface area contributed by atoms with Crippen LogP contribution in [0.5, 0.6) is 0 Å². The lowest BCUT2D eigenvalue weighted by Gasteiger charge is -2.11. The Morgan fingerprint density at radius 1 is 1.60 bits per heavy atom. The molecular formula is C7H10N2S. The smallest absolute Gasteiger partial charge is 0.0716 e. The Morgan fingerprint density at radius 3 is 2.80 bits per heavy atom. The third kappa shape index (κ3) is 0.770. The highest BCUT2D eigenvalue weighted by atomic mass is 32.1. The highest BCUT2D eigenvalue weighted by molar-refractivity contribution is 7.80. The number of nitrogens with zero attached hydrogens (tertiary/aromatic N) is 2. The quantitative estimate of drug-likeness (QED) is 0.636. The first kappa shape index (κ1) is 6.28. The fourth-order valence-corrected chi connectivity index (χ4v) is 1.61. The number of thiol groups is 1. The molecule has 10 heavy (non-hydrogen) atoms. The minimum absolute atomic E-state index is 0.284. The number of hydrogen-bond acceptors (Lipinski definition) is 2. The summed E-state index contributed by atoms with van der Waals surface area (Å²) in [4.78, 5) is 0. The van der Waals surface area contributed by atoms with E-state index in [9.17, 15) is 0 Å². The van der Waals surface area contributed by atoms with Gasteiger partial charge in [0.15, 0.2) is 0 Å². The summed E-state index contributed by atoms with van der Waals surface area (Å²) in [6, 6.07) is 1.96. The van der Waals surface area contributed by atoms with E-state index >= 15 is 0 Å². The van der Waals surface area contributed by atoms with Gasteiger partial charge in [-0.15, -0.1) is 0 Å². The Kier molecular flexibility index (Phi) is 1.27. The molecule has 0 aliphatic heterocycles. The Labute approximate surface area is 65.6 Å². The first-order chi connectivity index (χ1) is 4.87. The summed E-state index contributed by atoms with van der Waals surface area (Å²) in [5, 5.41) is 4.19. The first-order valence-corrected chi connectivity index (χ1v) is 4.12. The van der Waals surface area contributed by atoms with Crippen LogP contribution >= 0.6 is 12.6 Å². The molecule has 1 aliphatic carbocycles. The molecule has 0 N–H and O–H groups in total. The van der Waals surface area contributed by atoms with Gasteiger partial charge in [-0.25, -0.2) is 0 Å². The van der Waals surface area contributed by atoms with Gasteiger partial charge >= 0.3 is 0 Å². The summed E-state index contributed by atoms with van der Waals surface area (Å²) in [5.41, 5.74) is 0.284. The van der Waals surface area contributed by atoms with Crippen molar-refractivity contribution in [1.82, 2.24) is 9.78 Å².